The van der Waals surface area contributed by atoms with Crippen molar-refractivity contribution in [2.45, 2.75) is 6.92 Å². The van der Waals surface area contributed by atoms with Gasteiger partial charge in [-0.15, -0.1) is 0 Å². The third-order valence-electron chi connectivity index (χ3n) is 2.19. The SMILES string of the molecule is C[n+]1c(N)cc[nH]c1=O.Cc1c[nH]c(=O)nc1N. The van der Waals surface area contributed by atoms with E-state index in [4.69, 9.17) is 11.5 Å². The maximum absolute atomic E-state index is 10.7. The number of anilines is 2. The van der Waals surface area contributed by atoms with Crippen molar-refractivity contribution in [2.24, 2.45) is 7.05 Å². The van der Waals surface area contributed by atoms with Crippen molar-refractivity contribution in [3.63, 3.8) is 0 Å². The van der Waals surface area contributed by atoms with Crippen molar-refractivity contribution in [2.75, 3.05) is 11.5 Å². The highest BCUT2D eigenvalue weighted by atomic mass is 16.1. The Balaban J connectivity index is 0.000000180. The van der Waals surface area contributed by atoms with E-state index in [9.17, 15) is 9.59 Å². The highest BCUT2D eigenvalue weighted by Crippen LogP contribution is 1.97. The van der Waals surface area contributed by atoms with Crippen molar-refractivity contribution < 1.29 is 4.57 Å². The minimum atomic E-state index is -0.405. The summed E-state index contributed by atoms with van der Waals surface area (Å²) in [6.45, 7) is 1.78. The molecule has 0 aliphatic rings. The fourth-order valence-corrected chi connectivity index (χ4v) is 0.998. The van der Waals surface area contributed by atoms with Crippen LogP contribution in [0.25, 0.3) is 0 Å². The fourth-order valence-electron chi connectivity index (χ4n) is 0.998. The molecule has 0 aliphatic carbocycles. The van der Waals surface area contributed by atoms with E-state index >= 15 is 0 Å². The highest BCUT2D eigenvalue weighted by Gasteiger charge is 1.97. The lowest BCUT2D eigenvalue weighted by Gasteiger charge is -1.92. The number of hydrogen-bond acceptors (Lipinski definition) is 5. The Morgan fingerprint density at radius 2 is 1.94 bits per heavy atom. The van der Waals surface area contributed by atoms with Gasteiger partial charge in [-0.25, -0.2) is 19.1 Å². The van der Waals surface area contributed by atoms with Gasteiger partial charge in [0.25, 0.3) is 0 Å². The molecule has 0 fully saturated rings. The molecule has 0 saturated carbocycles. The molecule has 6 N–H and O–H groups in total. The average Bonchev–Trinajstić information content (AvgIpc) is 2.32. The second kappa shape index (κ2) is 5.62. The number of nitrogens with zero attached hydrogens (tertiary/aromatic N) is 2. The largest absolute Gasteiger partial charge is 0.440 e. The smallest absolute Gasteiger partial charge is 0.383 e. The predicted octanol–water partition coefficient (Wildman–Crippen LogP) is -1.56. The molecule has 96 valence electrons. The molecule has 2 aromatic rings. The van der Waals surface area contributed by atoms with Gasteiger partial charge < -0.3 is 16.5 Å². The summed E-state index contributed by atoms with van der Waals surface area (Å²) in [5, 5.41) is 0. The second-order valence-electron chi connectivity index (χ2n) is 3.54. The van der Waals surface area contributed by atoms with E-state index in [1.165, 1.54) is 17.0 Å². The Bertz CT molecular complexity index is 645. The number of rotatable bonds is 0. The first-order chi connectivity index (χ1) is 8.41. The van der Waals surface area contributed by atoms with Crippen LogP contribution in [0, 0.1) is 6.92 Å². The monoisotopic (exact) mass is 251 g/mol. The topological polar surface area (TPSA) is 135 Å². The van der Waals surface area contributed by atoms with Crippen LogP contribution in [-0.2, 0) is 7.05 Å². The van der Waals surface area contributed by atoms with Gasteiger partial charge in [-0.2, -0.15) is 4.98 Å². The quantitative estimate of drug-likeness (QED) is 0.420. The van der Waals surface area contributed by atoms with E-state index in [2.05, 4.69) is 15.0 Å². The zero-order valence-electron chi connectivity index (χ0n) is 10.1. The molecular weight excluding hydrogens is 236 g/mol. The van der Waals surface area contributed by atoms with Crippen LogP contribution >= 0.6 is 0 Å². The van der Waals surface area contributed by atoms with Gasteiger partial charge in [0.05, 0.1) is 13.2 Å². The third-order valence-corrected chi connectivity index (χ3v) is 2.19. The molecule has 18 heavy (non-hydrogen) atoms. The van der Waals surface area contributed by atoms with E-state index < -0.39 is 5.69 Å². The van der Waals surface area contributed by atoms with Gasteiger partial charge in [-0.1, -0.05) is 0 Å². The summed E-state index contributed by atoms with van der Waals surface area (Å²) in [6.07, 6.45) is 3.04. The van der Waals surface area contributed by atoms with E-state index in [0.717, 1.165) is 5.56 Å². The lowest BCUT2D eigenvalue weighted by Crippen LogP contribution is -2.49. The molecule has 0 amide bonds. The summed E-state index contributed by atoms with van der Waals surface area (Å²) in [4.78, 5) is 29.4. The first-order valence-electron chi connectivity index (χ1n) is 5.07. The zero-order chi connectivity index (χ0) is 13.7. The average molecular weight is 251 g/mol. The summed E-state index contributed by atoms with van der Waals surface area (Å²) < 4.78 is 1.33. The standard InChI is InChI=1S/2C5H7N3O/c1-8-4(6)2-3-7-5(8)9;1-3-2-7-5(9)8-4(3)6/h2-3H,1H3,(H2,6,7,9);2H,1H3,(H3,6,7,8,9)/p+1. The van der Waals surface area contributed by atoms with E-state index in [0.29, 0.717) is 11.6 Å². The first kappa shape index (κ1) is 13.4. The van der Waals surface area contributed by atoms with Crippen LogP contribution < -0.4 is 27.4 Å². The molecule has 2 aromatic heterocycles. The van der Waals surface area contributed by atoms with Crippen molar-refractivity contribution in [3.8, 4) is 0 Å². The maximum atomic E-state index is 10.7. The number of aromatic amines is 2. The van der Waals surface area contributed by atoms with Crippen LogP contribution in [0.2, 0.25) is 0 Å². The van der Waals surface area contributed by atoms with Crippen LogP contribution in [0.3, 0.4) is 0 Å². The Kier molecular flexibility index (Phi) is 4.19. The van der Waals surface area contributed by atoms with Gasteiger partial charge in [-0.05, 0) is 6.92 Å². The van der Waals surface area contributed by atoms with Crippen LogP contribution in [-0.4, -0.2) is 15.0 Å². The molecule has 0 saturated heterocycles. The molecule has 0 aromatic carbocycles. The van der Waals surface area contributed by atoms with Crippen molar-refractivity contribution in [1.82, 2.24) is 15.0 Å². The minimum absolute atomic E-state index is 0.199. The molecule has 0 aliphatic heterocycles. The number of H-pyrrole nitrogens is 2. The molecule has 0 unspecified atom stereocenters. The summed E-state index contributed by atoms with van der Waals surface area (Å²) in [5.74, 6) is 0.748. The third kappa shape index (κ3) is 3.44. The van der Waals surface area contributed by atoms with E-state index in [1.807, 2.05) is 0 Å². The Labute approximate surface area is 102 Å². The Morgan fingerprint density at radius 3 is 2.39 bits per heavy atom. The number of nitrogens with two attached hydrogens (primary N) is 2. The van der Waals surface area contributed by atoms with Gasteiger partial charge >= 0.3 is 11.4 Å². The molecular formula is C10H15N6O2+. The molecule has 2 heterocycles. The predicted molar refractivity (Wildman–Crippen MR) is 66.7 cm³/mol. The number of aryl methyl sites for hydroxylation is 1. The van der Waals surface area contributed by atoms with Crippen LogP contribution in [0.4, 0.5) is 11.6 Å². The Morgan fingerprint density at radius 1 is 1.28 bits per heavy atom. The molecule has 8 nitrogen and oxygen atoms in total. The van der Waals surface area contributed by atoms with Gasteiger partial charge in [0.2, 0.25) is 5.82 Å². The minimum Gasteiger partial charge on any atom is -0.383 e. The molecule has 8 heteroatoms. The van der Waals surface area contributed by atoms with Crippen LogP contribution in [0.5, 0.6) is 0 Å². The summed E-state index contributed by atoms with van der Waals surface area (Å²) in [6, 6.07) is 1.63. The number of aromatic nitrogens is 4. The van der Waals surface area contributed by atoms with Crippen molar-refractivity contribution in [3.05, 3.63) is 45.0 Å². The zero-order valence-corrected chi connectivity index (χ0v) is 10.1. The number of hydrogen-bond donors (Lipinski definition) is 4. The summed E-state index contributed by atoms with van der Waals surface area (Å²) in [5.41, 5.74) is 10.8. The van der Waals surface area contributed by atoms with Crippen molar-refractivity contribution >= 4 is 11.6 Å². The van der Waals surface area contributed by atoms with E-state index in [-0.39, 0.29) is 5.69 Å². The van der Waals surface area contributed by atoms with Gasteiger partial charge in [-0.3, -0.25) is 0 Å². The highest BCUT2D eigenvalue weighted by molar-refractivity contribution is 5.34. The van der Waals surface area contributed by atoms with E-state index in [1.54, 1.807) is 20.0 Å². The molecule has 0 bridgehead atoms. The maximum Gasteiger partial charge on any atom is 0.440 e. The first-order valence-corrected chi connectivity index (χ1v) is 5.07. The normalized spacial score (nSPS) is 9.44. The fraction of sp³-hybridized carbons (Fsp3) is 0.200. The van der Waals surface area contributed by atoms with Crippen molar-refractivity contribution in [1.29, 1.82) is 0 Å². The molecule has 0 radical (unpaired) electrons. The number of nitrogen functional groups attached to an aromatic ring is 2. The van der Waals surface area contributed by atoms with Gasteiger partial charge in [0.15, 0.2) is 0 Å². The Hall–Kier alpha value is -2.64. The van der Waals surface area contributed by atoms with Crippen LogP contribution in [0.1, 0.15) is 5.56 Å². The molecule has 2 rings (SSSR count). The summed E-state index contributed by atoms with van der Waals surface area (Å²) >= 11 is 0. The molecule has 0 spiro atoms. The lowest BCUT2D eigenvalue weighted by atomic mass is 10.4. The van der Waals surface area contributed by atoms with Gasteiger partial charge in [0.1, 0.15) is 5.82 Å². The number of nitrogens with one attached hydrogen (secondary N) is 2. The van der Waals surface area contributed by atoms with Gasteiger partial charge in [0, 0.05) is 17.8 Å². The summed E-state index contributed by atoms with van der Waals surface area (Å²) in [7, 11) is 1.61. The van der Waals surface area contributed by atoms with Crippen LogP contribution in [0.15, 0.2) is 28.0 Å². The molecule has 0 atom stereocenters. The second-order valence-corrected chi connectivity index (χ2v) is 3.54. The lowest BCUT2D eigenvalue weighted by molar-refractivity contribution is -0.674.